The molecule has 256 valence electrons. The van der Waals surface area contributed by atoms with Crippen LogP contribution in [0.4, 0.5) is 17.1 Å². The van der Waals surface area contributed by atoms with Crippen molar-refractivity contribution < 1.29 is 4.42 Å². The third-order valence-corrected chi connectivity index (χ3v) is 11.6. The normalized spacial score (nSPS) is 13.1. The predicted molar refractivity (Wildman–Crippen MR) is 226 cm³/mol. The van der Waals surface area contributed by atoms with Gasteiger partial charge in [0.15, 0.2) is 0 Å². The minimum absolute atomic E-state index is 0.122. The largest absolute Gasteiger partial charge is 0.456 e. The first-order chi connectivity index (χ1) is 26.6. The lowest BCUT2D eigenvalue weighted by atomic mass is 9.82. The maximum atomic E-state index is 6.46. The van der Waals surface area contributed by atoms with Crippen molar-refractivity contribution in [3.63, 3.8) is 0 Å². The van der Waals surface area contributed by atoms with E-state index < -0.39 is 0 Å². The van der Waals surface area contributed by atoms with E-state index in [1.807, 2.05) is 6.07 Å². The second kappa shape index (κ2) is 11.6. The van der Waals surface area contributed by atoms with Gasteiger partial charge in [0.05, 0.1) is 27.8 Å². The number of fused-ring (bicyclic) bond motifs is 9. The van der Waals surface area contributed by atoms with Gasteiger partial charge >= 0.3 is 0 Å². The molecule has 0 N–H and O–H groups in total. The van der Waals surface area contributed by atoms with Gasteiger partial charge in [0.2, 0.25) is 0 Å². The highest BCUT2D eigenvalue weighted by Gasteiger charge is 2.38. The van der Waals surface area contributed by atoms with E-state index in [2.05, 4.69) is 199 Å². The highest BCUT2D eigenvalue weighted by Crippen LogP contribution is 2.55. The molecular weight excluding hydrogens is 657 g/mol. The number of hydrogen-bond donors (Lipinski definition) is 0. The van der Waals surface area contributed by atoms with Gasteiger partial charge in [-0.1, -0.05) is 135 Å². The van der Waals surface area contributed by atoms with E-state index in [0.29, 0.717) is 0 Å². The monoisotopic (exact) mass is 692 g/mol. The van der Waals surface area contributed by atoms with E-state index in [9.17, 15) is 0 Å². The molecular formula is C51H36N2O. The molecule has 0 spiro atoms. The zero-order valence-electron chi connectivity index (χ0n) is 30.1. The highest BCUT2D eigenvalue weighted by molar-refractivity contribution is 6.16. The summed E-state index contributed by atoms with van der Waals surface area (Å²) in [5.74, 6) is 0. The zero-order chi connectivity index (χ0) is 36.0. The Kier molecular flexibility index (Phi) is 6.60. The summed E-state index contributed by atoms with van der Waals surface area (Å²) in [6, 6.07) is 65.8. The van der Waals surface area contributed by atoms with Crippen molar-refractivity contribution in [3.8, 4) is 27.9 Å². The van der Waals surface area contributed by atoms with Crippen LogP contribution >= 0.6 is 0 Å². The van der Waals surface area contributed by atoms with Gasteiger partial charge in [-0.2, -0.15) is 0 Å². The first-order valence-corrected chi connectivity index (χ1v) is 18.7. The molecule has 1 aliphatic rings. The van der Waals surface area contributed by atoms with Gasteiger partial charge in [-0.3, -0.25) is 0 Å². The highest BCUT2D eigenvalue weighted by atomic mass is 16.3. The number of aromatic nitrogens is 1. The SMILES string of the molecule is CC1(C)c2ccccc2-c2c(N(c3ccc(-c4cccc5c4c4ccccc4n5-c4ccccc4)cc3)c3cccc4oc5ccccc5c34)cccc21. The van der Waals surface area contributed by atoms with Crippen LogP contribution in [0.1, 0.15) is 25.0 Å². The third kappa shape index (κ3) is 4.36. The number of rotatable bonds is 5. The molecule has 2 heterocycles. The van der Waals surface area contributed by atoms with E-state index in [4.69, 9.17) is 4.42 Å². The van der Waals surface area contributed by atoms with E-state index in [1.54, 1.807) is 0 Å². The molecule has 10 aromatic rings. The number of anilines is 3. The smallest absolute Gasteiger partial charge is 0.137 e. The van der Waals surface area contributed by atoms with E-state index in [0.717, 1.165) is 44.7 Å². The quantitative estimate of drug-likeness (QED) is 0.179. The Morgan fingerprint density at radius 1 is 0.463 bits per heavy atom. The molecule has 0 saturated carbocycles. The van der Waals surface area contributed by atoms with Crippen molar-refractivity contribution >= 4 is 60.8 Å². The minimum Gasteiger partial charge on any atom is -0.456 e. The van der Waals surface area contributed by atoms with Gasteiger partial charge in [-0.05, 0) is 88.5 Å². The van der Waals surface area contributed by atoms with Crippen LogP contribution in [0.5, 0.6) is 0 Å². The fourth-order valence-electron chi connectivity index (χ4n) is 9.18. The number of nitrogens with zero attached hydrogens (tertiary/aromatic N) is 2. The van der Waals surface area contributed by atoms with Crippen LogP contribution in [-0.2, 0) is 5.41 Å². The molecule has 8 aromatic carbocycles. The fourth-order valence-corrected chi connectivity index (χ4v) is 9.18. The van der Waals surface area contributed by atoms with Crippen LogP contribution in [0.2, 0.25) is 0 Å². The summed E-state index contributed by atoms with van der Waals surface area (Å²) >= 11 is 0. The lowest BCUT2D eigenvalue weighted by Gasteiger charge is -2.29. The Hall–Kier alpha value is -6.84. The summed E-state index contributed by atoms with van der Waals surface area (Å²) in [4.78, 5) is 2.45. The van der Waals surface area contributed by atoms with Crippen molar-refractivity contribution in [2.24, 2.45) is 0 Å². The van der Waals surface area contributed by atoms with Crippen molar-refractivity contribution in [1.82, 2.24) is 4.57 Å². The van der Waals surface area contributed by atoms with E-state index >= 15 is 0 Å². The maximum Gasteiger partial charge on any atom is 0.137 e. The van der Waals surface area contributed by atoms with Crippen molar-refractivity contribution in [1.29, 1.82) is 0 Å². The Labute approximate surface area is 314 Å². The molecule has 0 amide bonds. The van der Waals surface area contributed by atoms with E-state index in [-0.39, 0.29) is 5.41 Å². The number of furan rings is 1. The predicted octanol–water partition coefficient (Wildman–Crippen LogP) is 14.1. The molecule has 2 aromatic heterocycles. The molecule has 0 aliphatic heterocycles. The van der Waals surface area contributed by atoms with Crippen molar-refractivity contribution in [2.45, 2.75) is 19.3 Å². The van der Waals surface area contributed by atoms with Crippen LogP contribution in [-0.4, -0.2) is 4.57 Å². The molecule has 0 bridgehead atoms. The van der Waals surface area contributed by atoms with Gasteiger partial charge < -0.3 is 13.9 Å². The van der Waals surface area contributed by atoms with Crippen LogP contribution < -0.4 is 4.90 Å². The van der Waals surface area contributed by atoms with Crippen molar-refractivity contribution in [3.05, 3.63) is 193 Å². The molecule has 3 nitrogen and oxygen atoms in total. The second-order valence-electron chi connectivity index (χ2n) is 14.9. The average molecular weight is 693 g/mol. The third-order valence-electron chi connectivity index (χ3n) is 11.6. The standard InChI is InChI=1S/C51H36N2O/c1-51(2)40-21-9-6-17-37(40)49-41(51)22-13-25-44(49)53(45-26-14-28-47-50(45)39-19-8-11-27-46(39)54-47)35-31-29-33(30-32-35)36-20-12-24-43-48(36)38-18-7-10-23-42(38)52(43)34-15-4-3-5-16-34/h3-32H,1-2H3. The average Bonchev–Trinajstić information content (AvgIpc) is 3.85. The van der Waals surface area contributed by atoms with Crippen molar-refractivity contribution in [2.75, 3.05) is 4.90 Å². The van der Waals surface area contributed by atoms with Gasteiger partial charge in [0, 0.05) is 38.5 Å². The lowest BCUT2D eigenvalue weighted by Crippen LogP contribution is -2.16. The van der Waals surface area contributed by atoms with Crippen LogP contribution in [0.25, 0.3) is 71.7 Å². The topological polar surface area (TPSA) is 21.3 Å². The number of benzene rings is 8. The molecule has 54 heavy (non-hydrogen) atoms. The van der Waals surface area contributed by atoms with Gasteiger partial charge in [0.1, 0.15) is 11.2 Å². The fraction of sp³-hybridized carbons (Fsp3) is 0.0588. The molecule has 0 saturated heterocycles. The van der Waals surface area contributed by atoms with E-state index in [1.165, 1.54) is 55.2 Å². The molecule has 0 atom stereocenters. The van der Waals surface area contributed by atoms with Crippen LogP contribution in [0.3, 0.4) is 0 Å². The Balaban J connectivity index is 1.14. The molecule has 0 radical (unpaired) electrons. The van der Waals surface area contributed by atoms with Gasteiger partial charge in [-0.25, -0.2) is 0 Å². The molecule has 3 heteroatoms. The first-order valence-electron chi connectivity index (χ1n) is 18.7. The number of hydrogen-bond acceptors (Lipinski definition) is 2. The Morgan fingerprint density at radius 2 is 1.09 bits per heavy atom. The summed E-state index contributed by atoms with van der Waals surface area (Å²) < 4.78 is 8.84. The number of para-hydroxylation sites is 3. The first kappa shape index (κ1) is 30.8. The lowest BCUT2D eigenvalue weighted by molar-refractivity contribution is 0.660. The van der Waals surface area contributed by atoms with Gasteiger partial charge in [-0.15, -0.1) is 0 Å². The summed E-state index contributed by atoms with van der Waals surface area (Å²) in [5.41, 5.74) is 16.2. The zero-order valence-corrected chi connectivity index (χ0v) is 30.1. The minimum atomic E-state index is -0.122. The molecule has 0 unspecified atom stereocenters. The Bertz CT molecular complexity index is 3070. The summed E-state index contributed by atoms with van der Waals surface area (Å²) in [6.07, 6.45) is 0. The second-order valence-corrected chi connectivity index (χ2v) is 14.9. The summed E-state index contributed by atoms with van der Waals surface area (Å²) in [6.45, 7) is 4.69. The molecule has 1 aliphatic carbocycles. The summed E-state index contributed by atoms with van der Waals surface area (Å²) in [5, 5.41) is 4.73. The van der Waals surface area contributed by atoms with Gasteiger partial charge in [0.25, 0.3) is 0 Å². The summed E-state index contributed by atoms with van der Waals surface area (Å²) in [7, 11) is 0. The molecule has 0 fully saturated rings. The maximum absolute atomic E-state index is 6.46. The molecule has 11 rings (SSSR count). The van der Waals surface area contributed by atoms with Crippen LogP contribution in [0.15, 0.2) is 186 Å². The van der Waals surface area contributed by atoms with Crippen LogP contribution in [0, 0.1) is 0 Å². The Morgan fingerprint density at radius 3 is 1.96 bits per heavy atom.